The van der Waals surface area contributed by atoms with Crippen LogP contribution < -0.4 is 0 Å². The second kappa shape index (κ2) is 6.47. The van der Waals surface area contributed by atoms with Crippen molar-refractivity contribution in [2.24, 2.45) is 0 Å². The second-order valence-corrected chi connectivity index (χ2v) is 4.61. The molecule has 0 fully saturated rings. The van der Waals surface area contributed by atoms with Gasteiger partial charge in [-0.05, 0) is 43.2 Å². The topological polar surface area (TPSA) is 17.1 Å². The van der Waals surface area contributed by atoms with Gasteiger partial charge in [-0.3, -0.25) is 0 Å². The molecule has 0 spiro atoms. The van der Waals surface area contributed by atoms with E-state index in [-0.39, 0.29) is 5.78 Å². The third kappa shape index (κ3) is 4.18. The standard InChI is InChI=1S/C15H22O/c1-4-12(2)15-10-8-14(9-11-15)7-5-6-13(3)16/h8-12H,4-7H2,1-3H3. The Morgan fingerprint density at radius 2 is 1.88 bits per heavy atom. The molecule has 1 aromatic rings. The van der Waals surface area contributed by atoms with E-state index in [1.165, 1.54) is 17.5 Å². The number of hydrogen-bond donors (Lipinski definition) is 0. The summed E-state index contributed by atoms with van der Waals surface area (Å²) in [6.07, 6.45) is 3.87. The highest BCUT2D eigenvalue weighted by Crippen LogP contribution is 2.19. The first-order chi connectivity index (χ1) is 7.63. The molecule has 0 aliphatic carbocycles. The van der Waals surface area contributed by atoms with E-state index in [1.807, 2.05) is 0 Å². The zero-order valence-corrected chi connectivity index (χ0v) is 10.6. The lowest BCUT2D eigenvalue weighted by Gasteiger charge is -2.09. The number of hydrogen-bond acceptors (Lipinski definition) is 1. The number of rotatable bonds is 6. The van der Waals surface area contributed by atoms with Crippen molar-refractivity contribution in [2.45, 2.75) is 52.4 Å². The van der Waals surface area contributed by atoms with E-state index in [9.17, 15) is 4.79 Å². The van der Waals surface area contributed by atoms with Gasteiger partial charge >= 0.3 is 0 Å². The van der Waals surface area contributed by atoms with Crippen LogP contribution in [0.25, 0.3) is 0 Å². The molecule has 0 aliphatic rings. The normalized spacial score (nSPS) is 12.4. The predicted molar refractivity (Wildman–Crippen MR) is 68.8 cm³/mol. The maximum atomic E-state index is 10.8. The highest BCUT2D eigenvalue weighted by Gasteiger charge is 2.02. The van der Waals surface area contributed by atoms with Crippen molar-refractivity contribution < 1.29 is 4.79 Å². The van der Waals surface area contributed by atoms with Crippen molar-refractivity contribution >= 4 is 5.78 Å². The van der Waals surface area contributed by atoms with Gasteiger partial charge in [-0.1, -0.05) is 38.1 Å². The molecule has 0 saturated carbocycles. The summed E-state index contributed by atoms with van der Waals surface area (Å²) >= 11 is 0. The number of carbonyl (C=O) groups is 1. The highest BCUT2D eigenvalue weighted by molar-refractivity contribution is 5.75. The molecule has 0 radical (unpaired) electrons. The van der Waals surface area contributed by atoms with Gasteiger partial charge < -0.3 is 4.79 Å². The Kier molecular flexibility index (Phi) is 5.24. The number of benzene rings is 1. The van der Waals surface area contributed by atoms with Gasteiger partial charge in [0.05, 0.1) is 0 Å². The SMILES string of the molecule is CCC(C)c1ccc(CCCC(C)=O)cc1. The summed E-state index contributed by atoms with van der Waals surface area (Å²) in [4.78, 5) is 10.8. The fraction of sp³-hybridized carbons (Fsp3) is 0.533. The molecular weight excluding hydrogens is 196 g/mol. The average molecular weight is 218 g/mol. The smallest absolute Gasteiger partial charge is 0.129 e. The van der Waals surface area contributed by atoms with E-state index in [4.69, 9.17) is 0 Å². The van der Waals surface area contributed by atoms with E-state index in [0.29, 0.717) is 12.3 Å². The largest absolute Gasteiger partial charge is 0.300 e. The van der Waals surface area contributed by atoms with E-state index >= 15 is 0 Å². The molecule has 88 valence electrons. The summed E-state index contributed by atoms with van der Waals surface area (Å²) in [6, 6.07) is 8.83. The number of carbonyl (C=O) groups excluding carboxylic acids is 1. The first-order valence-corrected chi connectivity index (χ1v) is 6.21. The monoisotopic (exact) mass is 218 g/mol. The molecule has 0 N–H and O–H groups in total. The van der Waals surface area contributed by atoms with Gasteiger partial charge in [0.25, 0.3) is 0 Å². The van der Waals surface area contributed by atoms with Crippen LogP contribution in [0, 0.1) is 0 Å². The van der Waals surface area contributed by atoms with Crippen molar-refractivity contribution in [2.75, 3.05) is 0 Å². The Morgan fingerprint density at radius 3 is 2.38 bits per heavy atom. The molecule has 0 aliphatic heterocycles. The minimum absolute atomic E-state index is 0.288. The fourth-order valence-electron chi connectivity index (χ4n) is 1.79. The van der Waals surface area contributed by atoms with Gasteiger partial charge in [0.1, 0.15) is 5.78 Å². The first kappa shape index (κ1) is 13.0. The summed E-state index contributed by atoms with van der Waals surface area (Å²) in [5, 5.41) is 0. The van der Waals surface area contributed by atoms with Crippen LogP contribution in [0.1, 0.15) is 57.1 Å². The van der Waals surface area contributed by atoms with Crippen LogP contribution in [-0.4, -0.2) is 5.78 Å². The van der Waals surface area contributed by atoms with Crippen LogP contribution in [0.15, 0.2) is 24.3 Å². The van der Waals surface area contributed by atoms with E-state index in [2.05, 4.69) is 38.1 Å². The lowest BCUT2D eigenvalue weighted by molar-refractivity contribution is -0.117. The van der Waals surface area contributed by atoms with Crippen LogP contribution in [0.2, 0.25) is 0 Å². The van der Waals surface area contributed by atoms with Gasteiger partial charge in [-0.2, -0.15) is 0 Å². The molecule has 1 atom stereocenters. The van der Waals surface area contributed by atoms with Crippen LogP contribution in [-0.2, 0) is 11.2 Å². The van der Waals surface area contributed by atoms with Crippen molar-refractivity contribution in [1.82, 2.24) is 0 Å². The summed E-state index contributed by atoms with van der Waals surface area (Å²) in [5.41, 5.74) is 2.76. The van der Waals surface area contributed by atoms with E-state index < -0.39 is 0 Å². The van der Waals surface area contributed by atoms with Crippen molar-refractivity contribution in [3.8, 4) is 0 Å². The van der Waals surface area contributed by atoms with Gasteiger partial charge in [-0.15, -0.1) is 0 Å². The third-order valence-electron chi connectivity index (χ3n) is 3.16. The molecule has 1 rings (SSSR count). The quantitative estimate of drug-likeness (QED) is 0.702. The average Bonchev–Trinajstić information content (AvgIpc) is 2.28. The Labute approximate surface area is 98.9 Å². The predicted octanol–water partition coefficient (Wildman–Crippen LogP) is 4.11. The van der Waals surface area contributed by atoms with Crippen molar-refractivity contribution in [3.63, 3.8) is 0 Å². The molecule has 1 aromatic carbocycles. The maximum absolute atomic E-state index is 10.8. The molecule has 0 aromatic heterocycles. The van der Waals surface area contributed by atoms with Crippen LogP contribution in [0.3, 0.4) is 0 Å². The molecular formula is C15H22O. The van der Waals surface area contributed by atoms with Gasteiger partial charge in [0, 0.05) is 6.42 Å². The summed E-state index contributed by atoms with van der Waals surface area (Å²) in [7, 11) is 0. The van der Waals surface area contributed by atoms with Gasteiger partial charge in [0.2, 0.25) is 0 Å². The number of Topliss-reactive ketones (excluding diaryl/α,β-unsaturated/α-hetero) is 1. The second-order valence-electron chi connectivity index (χ2n) is 4.61. The fourth-order valence-corrected chi connectivity index (χ4v) is 1.79. The molecule has 0 heterocycles. The minimum atomic E-state index is 0.288. The molecule has 0 amide bonds. The van der Waals surface area contributed by atoms with Gasteiger partial charge in [-0.25, -0.2) is 0 Å². The first-order valence-electron chi connectivity index (χ1n) is 6.21. The molecule has 16 heavy (non-hydrogen) atoms. The van der Waals surface area contributed by atoms with Crippen LogP contribution in [0.5, 0.6) is 0 Å². The molecule has 1 heteroatoms. The van der Waals surface area contributed by atoms with E-state index in [0.717, 1.165) is 12.8 Å². The maximum Gasteiger partial charge on any atom is 0.129 e. The summed E-state index contributed by atoms with van der Waals surface area (Å²) in [6.45, 7) is 6.13. The molecule has 1 nitrogen and oxygen atoms in total. The van der Waals surface area contributed by atoms with E-state index in [1.54, 1.807) is 6.92 Å². The molecule has 0 bridgehead atoms. The minimum Gasteiger partial charge on any atom is -0.300 e. The Balaban J connectivity index is 2.48. The highest BCUT2D eigenvalue weighted by atomic mass is 16.1. The Bertz CT molecular complexity index is 324. The lowest BCUT2D eigenvalue weighted by Crippen LogP contribution is -1.94. The van der Waals surface area contributed by atoms with Crippen LogP contribution >= 0.6 is 0 Å². The third-order valence-corrected chi connectivity index (χ3v) is 3.16. The van der Waals surface area contributed by atoms with Crippen LogP contribution in [0.4, 0.5) is 0 Å². The Hall–Kier alpha value is -1.11. The summed E-state index contributed by atoms with van der Waals surface area (Å²) in [5.74, 6) is 0.933. The van der Waals surface area contributed by atoms with Crippen molar-refractivity contribution in [1.29, 1.82) is 0 Å². The Morgan fingerprint density at radius 1 is 1.25 bits per heavy atom. The molecule has 1 unspecified atom stereocenters. The lowest BCUT2D eigenvalue weighted by atomic mass is 9.96. The summed E-state index contributed by atoms with van der Waals surface area (Å²) < 4.78 is 0. The number of ketones is 1. The zero-order valence-electron chi connectivity index (χ0n) is 10.6. The number of aryl methyl sites for hydroxylation is 1. The van der Waals surface area contributed by atoms with Gasteiger partial charge in [0.15, 0.2) is 0 Å². The van der Waals surface area contributed by atoms with Crippen molar-refractivity contribution in [3.05, 3.63) is 35.4 Å². The molecule has 0 saturated heterocycles. The zero-order chi connectivity index (χ0) is 12.0.